The van der Waals surface area contributed by atoms with Crippen LogP contribution in [0.4, 0.5) is 10.1 Å². The first-order valence-electron chi connectivity index (χ1n) is 7.65. The molecule has 0 saturated heterocycles. The lowest BCUT2D eigenvalue weighted by Crippen LogP contribution is -2.40. The number of nitrogens with one attached hydrogen (secondary N) is 1. The molecule has 2 atom stereocenters. The molecule has 1 aromatic carbocycles. The molecule has 2 aliphatic rings. The number of ketones is 1. The molecule has 4 heteroatoms. The standard InChI is InChI=1S/C17H20FNO2/c1-10-7-14(18)5-6-15(10)19-17(21)13-8-11-3-2-4-12(9-13)16(11)20/h5-7,11-13H,2-4,8-9H2,1H3,(H,19,21)/t11-,12-/m0/s1. The number of carbonyl (C=O) groups is 2. The molecule has 0 radical (unpaired) electrons. The van der Waals surface area contributed by atoms with E-state index in [0.29, 0.717) is 24.3 Å². The van der Waals surface area contributed by atoms with Gasteiger partial charge in [0.25, 0.3) is 0 Å². The maximum absolute atomic E-state index is 13.1. The zero-order valence-corrected chi connectivity index (χ0v) is 12.2. The van der Waals surface area contributed by atoms with Gasteiger partial charge in [-0.2, -0.15) is 0 Å². The van der Waals surface area contributed by atoms with E-state index in [1.165, 1.54) is 12.1 Å². The van der Waals surface area contributed by atoms with Crippen LogP contribution in [0.15, 0.2) is 18.2 Å². The highest BCUT2D eigenvalue weighted by molar-refractivity contribution is 5.95. The van der Waals surface area contributed by atoms with Crippen molar-refractivity contribution in [1.29, 1.82) is 0 Å². The van der Waals surface area contributed by atoms with Crippen LogP contribution in [0, 0.1) is 30.5 Å². The van der Waals surface area contributed by atoms with E-state index in [2.05, 4.69) is 5.32 Å². The fourth-order valence-electron chi connectivity index (χ4n) is 3.70. The van der Waals surface area contributed by atoms with Gasteiger partial charge in [-0.05, 0) is 56.4 Å². The first-order chi connectivity index (χ1) is 10.0. The maximum atomic E-state index is 13.1. The van der Waals surface area contributed by atoms with Crippen molar-refractivity contribution < 1.29 is 14.0 Å². The average molecular weight is 289 g/mol. The molecule has 1 aromatic rings. The molecule has 21 heavy (non-hydrogen) atoms. The molecule has 1 amide bonds. The van der Waals surface area contributed by atoms with E-state index in [1.54, 1.807) is 13.0 Å². The van der Waals surface area contributed by atoms with Crippen molar-refractivity contribution in [1.82, 2.24) is 0 Å². The van der Waals surface area contributed by atoms with Crippen LogP contribution in [0.5, 0.6) is 0 Å². The summed E-state index contributed by atoms with van der Waals surface area (Å²) in [4.78, 5) is 24.5. The molecule has 2 aliphatic carbocycles. The van der Waals surface area contributed by atoms with Crippen molar-refractivity contribution in [2.24, 2.45) is 17.8 Å². The van der Waals surface area contributed by atoms with E-state index in [9.17, 15) is 14.0 Å². The monoisotopic (exact) mass is 289 g/mol. The van der Waals surface area contributed by atoms with Crippen LogP contribution in [-0.4, -0.2) is 11.7 Å². The Bertz CT molecular complexity index is 568. The molecule has 0 aromatic heterocycles. The van der Waals surface area contributed by atoms with Crippen molar-refractivity contribution in [3.8, 4) is 0 Å². The van der Waals surface area contributed by atoms with Gasteiger partial charge in [0.05, 0.1) is 0 Å². The third kappa shape index (κ3) is 2.85. The summed E-state index contributed by atoms with van der Waals surface area (Å²) in [6.45, 7) is 1.78. The largest absolute Gasteiger partial charge is 0.326 e. The van der Waals surface area contributed by atoms with Gasteiger partial charge in [0.2, 0.25) is 5.91 Å². The Balaban J connectivity index is 1.70. The molecule has 0 heterocycles. The number of fused-ring (bicyclic) bond motifs is 2. The Morgan fingerprint density at radius 3 is 2.52 bits per heavy atom. The topological polar surface area (TPSA) is 46.2 Å². The van der Waals surface area contributed by atoms with Crippen LogP contribution in [-0.2, 0) is 9.59 Å². The Hall–Kier alpha value is -1.71. The summed E-state index contributed by atoms with van der Waals surface area (Å²) in [6, 6.07) is 4.36. The molecular formula is C17H20FNO2. The molecule has 2 fully saturated rings. The lowest BCUT2D eigenvalue weighted by molar-refractivity contribution is -0.136. The molecule has 0 aliphatic heterocycles. The predicted octanol–water partition coefficient (Wildman–Crippen LogP) is 3.47. The fraction of sp³-hybridized carbons (Fsp3) is 0.529. The molecule has 2 bridgehead atoms. The number of Topliss-reactive ketones (excluding diaryl/α,β-unsaturated/α-hetero) is 1. The summed E-state index contributed by atoms with van der Waals surface area (Å²) in [6.07, 6.45) is 4.29. The minimum absolute atomic E-state index is 0.0332. The Morgan fingerprint density at radius 2 is 1.90 bits per heavy atom. The quantitative estimate of drug-likeness (QED) is 0.906. The van der Waals surface area contributed by atoms with Gasteiger partial charge in [0.1, 0.15) is 11.6 Å². The second-order valence-corrected chi connectivity index (χ2v) is 6.34. The number of benzene rings is 1. The molecule has 0 spiro atoms. The second-order valence-electron chi connectivity index (χ2n) is 6.34. The van der Waals surface area contributed by atoms with Crippen LogP contribution in [0.2, 0.25) is 0 Å². The lowest BCUT2D eigenvalue weighted by Gasteiger charge is -2.37. The van der Waals surface area contributed by atoms with E-state index < -0.39 is 0 Å². The van der Waals surface area contributed by atoms with Gasteiger partial charge in [0, 0.05) is 23.4 Å². The number of carbonyl (C=O) groups excluding carboxylic acids is 2. The summed E-state index contributed by atoms with van der Waals surface area (Å²) in [5.74, 6) is 0.0771. The third-order valence-corrected chi connectivity index (χ3v) is 4.87. The summed E-state index contributed by atoms with van der Waals surface area (Å²) < 4.78 is 13.1. The van der Waals surface area contributed by atoms with Gasteiger partial charge < -0.3 is 5.32 Å². The smallest absolute Gasteiger partial charge is 0.227 e. The van der Waals surface area contributed by atoms with Gasteiger partial charge in [-0.25, -0.2) is 4.39 Å². The van der Waals surface area contributed by atoms with E-state index in [1.807, 2.05) is 0 Å². The first kappa shape index (κ1) is 14.2. The van der Waals surface area contributed by atoms with Gasteiger partial charge in [0.15, 0.2) is 0 Å². The molecular weight excluding hydrogens is 269 g/mol. The van der Waals surface area contributed by atoms with Crippen LogP contribution in [0.1, 0.15) is 37.7 Å². The minimum Gasteiger partial charge on any atom is -0.326 e. The van der Waals surface area contributed by atoms with Crippen molar-refractivity contribution in [2.45, 2.75) is 39.0 Å². The Kier molecular flexibility index (Phi) is 3.79. The highest BCUT2D eigenvalue weighted by Crippen LogP contribution is 2.40. The van der Waals surface area contributed by atoms with Crippen LogP contribution in [0.25, 0.3) is 0 Å². The van der Waals surface area contributed by atoms with Crippen molar-refractivity contribution >= 4 is 17.4 Å². The molecule has 3 rings (SSSR count). The SMILES string of the molecule is Cc1cc(F)ccc1NC(=O)C1C[C@@H]2CCC[C@@H](C1)C2=O. The fourth-order valence-corrected chi connectivity index (χ4v) is 3.70. The zero-order valence-electron chi connectivity index (χ0n) is 12.2. The Morgan fingerprint density at radius 1 is 1.24 bits per heavy atom. The Labute approximate surface area is 123 Å². The van der Waals surface area contributed by atoms with E-state index >= 15 is 0 Å². The summed E-state index contributed by atoms with van der Waals surface area (Å²) in [7, 11) is 0. The van der Waals surface area contributed by atoms with Crippen molar-refractivity contribution in [3.05, 3.63) is 29.6 Å². The number of halogens is 1. The van der Waals surface area contributed by atoms with Crippen LogP contribution in [0.3, 0.4) is 0 Å². The number of hydrogen-bond donors (Lipinski definition) is 1. The number of hydrogen-bond acceptors (Lipinski definition) is 2. The average Bonchev–Trinajstić information content (AvgIpc) is 2.41. The molecule has 112 valence electrons. The summed E-state index contributed by atoms with van der Waals surface area (Å²) in [5, 5.41) is 2.89. The first-order valence-corrected chi connectivity index (χ1v) is 7.65. The minimum atomic E-state index is -0.303. The van der Waals surface area contributed by atoms with Crippen LogP contribution >= 0.6 is 0 Å². The van der Waals surface area contributed by atoms with Gasteiger partial charge in [-0.3, -0.25) is 9.59 Å². The second kappa shape index (κ2) is 5.58. The number of amides is 1. The lowest BCUT2D eigenvalue weighted by atomic mass is 9.67. The molecule has 0 unspecified atom stereocenters. The summed E-state index contributed by atoms with van der Waals surface area (Å²) in [5.41, 5.74) is 1.37. The van der Waals surface area contributed by atoms with E-state index in [4.69, 9.17) is 0 Å². The van der Waals surface area contributed by atoms with Crippen molar-refractivity contribution in [3.63, 3.8) is 0 Å². The van der Waals surface area contributed by atoms with E-state index in [-0.39, 0.29) is 29.5 Å². The molecule has 2 saturated carbocycles. The van der Waals surface area contributed by atoms with Crippen molar-refractivity contribution in [2.75, 3.05) is 5.32 Å². The predicted molar refractivity (Wildman–Crippen MR) is 78.3 cm³/mol. The number of aryl methyl sites for hydroxylation is 1. The van der Waals surface area contributed by atoms with Gasteiger partial charge in [-0.1, -0.05) is 6.42 Å². The number of anilines is 1. The maximum Gasteiger partial charge on any atom is 0.227 e. The normalized spacial score (nSPS) is 28.3. The van der Waals surface area contributed by atoms with Gasteiger partial charge in [-0.15, -0.1) is 0 Å². The third-order valence-electron chi connectivity index (χ3n) is 4.87. The molecule has 3 nitrogen and oxygen atoms in total. The van der Waals surface area contributed by atoms with Gasteiger partial charge >= 0.3 is 0 Å². The summed E-state index contributed by atoms with van der Waals surface area (Å²) >= 11 is 0. The highest BCUT2D eigenvalue weighted by atomic mass is 19.1. The highest BCUT2D eigenvalue weighted by Gasteiger charge is 2.41. The van der Waals surface area contributed by atoms with Crippen LogP contribution < -0.4 is 5.32 Å². The number of rotatable bonds is 2. The molecule has 1 N–H and O–H groups in total. The zero-order chi connectivity index (χ0) is 15.0. The van der Waals surface area contributed by atoms with E-state index in [0.717, 1.165) is 24.8 Å².